The van der Waals surface area contributed by atoms with E-state index in [4.69, 9.17) is 9.47 Å². The third-order valence-electron chi connectivity index (χ3n) is 2.77. The number of carbonyl (C=O) groups is 2. The maximum absolute atomic E-state index is 12.1. The molecule has 0 radical (unpaired) electrons. The van der Waals surface area contributed by atoms with E-state index in [1.54, 1.807) is 47.3 Å². The van der Waals surface area contributed by atoms with Gasteiger partial charge in [-0.15, -0.1) is 0 Å². The zero-order valence-corrected chi connectivity index (χ0v) is 14.3. The molecule has 0 aliphatic rings. The molecule has 0 bridgehead atoms. The average Bonchev–Trinajstić information content (AvgIpc) is 2.23. The van der Waals surface area contributed by atoms with E-state index in [2.05, 4.69) is 0 Å². The van der Waals surface area contributed by atoms with Gasteiger partial charge in [0.05, 0.1) is 12.2 Å². The Labute approximate surface area is 121 Å². The third-order valence-corrected chi connectivity index (χ3v) is 5.53. The monoisotopic (exact) mass is 306 g/mol. The topological polar surface area (TPSA) is 93.1 Å². The number of hydrogen-bond donors (Lipinski definition) is 2. The molecule has 6 nitrogen and oxygen atoms in total. The van der Waals surface area contributed by atoms with Crippen molar-refractivity contribution in [3.05, 3.63) is 0 Å². The summed E-state index contributed by atoms with van der Waals surface area (Å²) >= 11 is 0. The highest BCUT2D eigenvalue weighted by Crippen LogP contribution is 2.28. The van der Waals surface area contributed by atoms with Crippen LogP contribution in [0.15, 0.2) is 0 Å². The predicted molar refractivity (Wildman–Crippen MR) is 76.8 cm³/mol. The minimum absolute atomic E-state index is 0.454. The Bertz CT molecular complexity index is 360. The molecule has 0 saturated carbocycles. The fraction of sp³-hybridized carbons (Fsp3) is 0.846. The summed E-state index contributed by atoms with van der Waals surface area (Å²) in [6.07, 6.45) is -2.87. The van der Waals surface area contributed by atoms with Crippen LogP contribution in [0.25, 0.3) is 0 Å². The molecule has 2 atom stereocenters. The first-order valence-corrected chi connectivity index (χ1v) is 10.2. The molecule has 0 rings (SSSR count). The minimum atomic E-state index is -2.69. The van der Waals surface area contributed by atoms with E-state index in [0.29, 0.717) is 0 Å². The summed E-state index contributed by atoms with van der Waals surface area (Å²) in [5, 5.41) is 18.5. The van der Waals surface area contributed by atoms with Crippen LogP contribution in [0, 0.1) is 0 Å². The fourth-order valence-electron chi connectivity index (χ4n) is 1.60. The van der Waals surface area contributed by atoms with Crippen molar-refractivity contribution in [2.24, 2.45) is 0 Å². The van der Waals surface area contributed by atoms with E-state index in [-0.39, 0.29) is 0 Å². The van der Waals surface area contributed by atoms with Crippen LogP contribution >= 0.6 is 0 Å². The smallest absolute Gasteiger partial charge is 0.338 e. The lowest BCUT2D eigenvalue weighted by atomic mass is 10.2. The minimum Gasteiger partial charge on any atom is -0.461 e. The van der Waals surface area contributed by atoms with Gasteiger partial charge in [0.25, 0.3) is 0 Å². The van der Waals surface area contributed by atoms with Crippen molar-refractivity contribution in [2.45, 2.75) is 70.9 Å². The Morgan fingerprint density at radius 2 is 1.40 bits per heavy atom. The number of carbonyl (C=O) groups excluding carboxylic acids is 2. The highest BCUT2D eigenvalue weighted by molar-refractivity contribution is 6.82. The van der Waals surface area contributed by atoms with Crippen LogP contribution in [0.5, 0.6) is 0 Å². The first kappa shape index (κ1) is 19.1. The lowest BCUT2D eigenvalue weighted by Gasteiger charge is -2.39. The molecular formula is C13H26O6Si. The summed E-state index contributed by atoms with van der Waals surface area (Å²) in [7, 11) is -2.69. The van der Waals surface area contributed by atoms with Gasteiger partial charge >= 0.3 is 11.9 Å². The number of aliphatic hydroxyl groups excluding tert-OH is 1. The third kappa shape index (κ3) is 4.29. The number of hydrogen-bond acceptors (Lipinski definition) is 6. The molecule has 0 heterocycles. The van der Waals surface area contributed by atoms with Gasteiger partial charge in [-0.1, -0.05) is 19.6 Å². The molecule has 2 unspecified atom stereocenters. The lowest BCUT2D eigenvalue weighted by molar-refractivity contribution is -0.184. The maximum atomic E-state index is 12.1. The first-order valence-electron chi connectivity index (χ1n) is 6.66. The summed E-state index contributed by atoms with van der Waals surface area (Å²) < 4.78 is 9.87. The van der Waals surface area contributed by atoms with Crippen molar-refractivity contribution in [3.8, 4) is 0 Å². The standard InChI is InChI=1S/C13H26O6Si/c1-8(2)18-11(15)10(14)13(17,20(5,6)7)12(16)19-9(3)4/h8-10,14,17H,1-7H3. The second-order valence-corrected chi connectivity index (χ2v) is 11.6. The molecule has 0 aliphatic heterocycles. The molecule has 0 aromatic heterocycles. The summed E-state index contributed by atoms with van der Waals surface area (Å²) in [6.45, 7) is 11.5. The van der Waals surface area contributed by atoms with Crippen LogP contribution in [-0.2, 0) is 19.1 Å². The van der Waals surface area contributed by atoms with Crippen LogP contribution in [0.3, 0.4) is 0 Å². The molecule has 0 fully saturated rings. The molecule has 0 saturated heterocycles. The zero-order chi connectivity index (χ0) is 16.3. The van der Waals surface area contributed by atoms with Gasteiger partial charge in [0, 0.05) is 0 Å². The molecule has 0 amide bonds. The van der Waals surface area contributed by atoms with Crippen LogP contribution in [0.2, 0.25) is 19.6 Å². The van der Waals surface area contributed by atoms with Crippen molar-refractivity contribution >= 4 is 20.0 Å². The Morgan fingerprint density at radius 1 is 1.00 bits per heavy atom. The molecule has 0 aliphatic carbocycles. The van der Waals surface area contributed by atoms with Gasteiger partial charge in [-0.05, 0) is 27.7 Å². The predicted octanol–water partition coefficient (Wildman–Crippen LogP) is 0.859. The Hall–Kier alpha value is -0.923. The van der Waals surface area contributed by atoms with E-state index in [1.807, 2.05) is 0 Å². The van der Waals surface area contributed by atoms with Crippen molar-refractivity contribution in [2.75, 3.05) is 0 Å². The Kier molecular flexibility index (Phi) is 6.38. The average molecular weight is 306 g/mol. The molecule has 20 heavy (non-hydrogen) atoms. The molecule has 0 aromatic rings. The fourth-order valence-corrected chi connectivity index (χ4v) is 3.21. The van der Waals surface area contributed by atoms with Crippen LogP contribution in [0.4, 0.5) is 0 Å². The van der Waals surface area contributed by atoms with Gasteiger partial charge in [0.1, 0.15) is 8.07 Å². The molecular weight excluding hydrogens is 280 g/mol. The number of ether oxygens (including phenoxy) is 2. The summed E-state index contributed by atoms with van der Waals surface area (Å²) in [6, 6.07) is 0. The van der Waals surface area contributed by atoms with E-state index in [1.165, 1.54) is 0 Å². The van der Waals surface area contributed by atoms with Crippen molar-refractivity contribution in [1.82, 2.24) is 0 Å². The molecule has 0 spiro atoms. The normalized spacial score (nSPS) is 16.8. The van der Waals surface area contributed by atoms with Gasteiger partial charge in [-0.3, -0.25) is 0 Å². The van der Waals surface area contributed by atoms with E-state index in [9.17, 15) is 19.8 Å². The lowest BCUT2D eigenvalue weighted by Crippen LogP contribution is -2.68. The second kappa shape index (κ2) is 6.69. The van der Waals surface area contributed by atoms with E-state index >= 15 is 0 Å². The summed E-state index contributed by atoms with van der Waals surface area (Å²) in [5.41, 5.74) is 0. The number of rotatable bonds is 6. The van der Waals surface area contributed by atoms with Gasteiger partial charge in [0.2, 0.25) is 0 Å². The van der Waals surface area contributed by atoms with Crippen LogP contribution < -0.4 is 0 Å². The highest BCUT2D eigenvalue weighted by atomic mass is 28.3. The number of esters is 2. The maximum Gasteiger partial charge on any atom is 0.338 e. The van der Waals surface area contributed by atoms with Gasteiger partial charge in [-0.25, -0.2) is 9.59 Å². The molecule has 0 aromatic carbocycles. The van der Waals surface area contributed by atoms with Crippen molar-refractivity contribution < 1.29 is 29.3 Å². The Morgan fingerprint density at radius 3 is 1.70 bits per heavy atom. The van der Waals surface area contributed by atoms with E-state index < -0.39 is 43.5 Å². The first-order chi connectivity index (χ1) is 8.84. The molecule has 118 valence electrons. The zero-order valence-electron chi connectivity index (χ0n) is 13.3. The molecule has 2 N–H and O–H groups in total. The Balaban J connectivity index is 5.45. The van der Waals surface area contributed by atoms with Crippen LogP contribution in [0.1, 0.15) is 27.7 Å². The second-order valence-electron chi connectivity index (χ2n) is 6.36. The number of aliphatic hydroxyl groups is 2. The summed E-state index contributed by atoms with van der Waals surface area (Å²) in [4.78, 5) is 24.0. The van der Waals surface area contributed by atoms with E-state index in [0.717, 1.165) is 0 Å². The highest BCUT2D eigenvalue weighted by Gasteiger charge is 2.58. The van der Waals surface area contributed by atoms with Gasteiger partial charge < -0.3 is 19.7 Å². The van der Waals surface area contributed by atoms with Gasteiger partial charge in [0.15, 0.2) is 11.3 Å². The van der Waals surface area contributed by atoms with Gasteiger partial charge in [-0.2, -0.15) is 0 Å². The SMILES string of the molecule is CC(C)OC(=O)C(O)C(O)(C(=O)OC(C)C)[Si](C)(C)C. The van der Waals surface area contributed by atoms with Crippen molar-refractivity contribution in [3.63, 3.8) is 0 Å². The largest absolute Gasteiger partial charge is 0.461 e. The summed E-state index contributed by atoms with van der Waals surface area (Å²) in [5.74, 6) is -2.01. The van der Waals surface area contributed by atoms with Crippen LogP contribution in [-0.4, -0.2) is 53.8 Å². The molecule has 7 heteroatoms. The quantitative estimate of drug-likeness (QED) is 0.558. The van der Waals surface area contributed by atoms with Crippen molar-refractivity contribution in [1.29, 1.82) is 0 Å².